The Morgan fingerprint density at radius 2 is 1.67 bits per heavy atom. The fourth-order valence-electron chi connectivity index (χ4n) is 7.13. The molecule has 1 saturated carbocycles. The van der Waals surface area contributed by atoms with Gasteiger partial charge >= 0.3 is 0 Å². The molecular formula is C39H52FN7O4. The van der Waals surface area contributed by atoms with Crippen molar-refractivity contribution in [2.45, 2.75) is 70.7 Å². The van der Waals surface area contributed by atoms with Crippen LogP contribution in [-0.4, -0.2) is 109 Å². The van der Waals surface area contributed by atoms with Gasteiger partial charge in [0.05, 0.1) is 26.0 Å². The summed E-state index contributed by atoms with van der Waals surface area (Å²) in [6, 6.07) is 15.9. The highest BCUT2D eigenvalue weighted by Crippen LogP contribution is 2.32. The van der Waals surface area contributed by atoms with E-state index in [0.717, 1.165) is 95.4 Å². The van der Waals surface area contributed by atoms with E-state index in [-0.39, 0.29) is 35.5 Å². The molecule has 1 aliphatic carbocycles. The van der Waals surface area contributed by atoms with Gasteiger partial charge in [-0.1, -0.05) is 30.3 Å². The van der Waals surface area contributed by atoms with Gasteiger partial charge in [-0.2, -0.15) is 0 Å². The van der Waals surface area contributed by atoms with Gasteiger partial charge in [-0.3, -0.25) is 24.3 Å². The third kappa shape index (κ3) is 10.6. The van der Waals surface area contributed by atoms with E-state index in [2.05, 4.69) is 54.6 Å². The first-order valence-corrected chi connectivity index (χ1v) is 18.3. The summed E-state index contributed by atoms with van der Waals surface area (Å²) in [4.78, 5) is 36.8. The summed E-state index contributed by atoms with van der Waals surface area (Å²) in [5, 5.41) is 6.01. The maximum absolute atomic E-state index is 14.3. The van der Waals surface area contributed by atoms with E-state index in [9.17, 15) is 14.0 Å². The Morgan fingerprint density at radius 3 is 2.41 bits per heavy atom. The highest BCUT2D eigenvalue weighted by Gasteiger charge is 2.24. The first-order chi connectivity index (χ1) is 24.7. The number of ether oxygens (including phenoxy) is 2. The van der Waals surface area contributed by atoms with E-state index in [1.165, 1.54) is 17.2 Å². The van der Waals surface area contributed by atoms with Crippen LogP contribution in [0.25, 0.3) is 11.1 Å². The van der Waals surface area contributed by atoms with Crippen molar-refractivity contribution in [1.29, 1.82) is 0 Å². The summed E-state index contributed by atoms with van der Waals surface area (Å²) in [6.07, 6.45) is 4.32. The predicted octanol–water partition coefficient (Wildman–Crippen LogP) is 4.15. The second-order valence-corrected chi connectivity index (χ2v) is 14.4. The molecule has 2 aromatic carbocycles. The summed E-state index contributed by atoms with van der Waals surface area (Å²) in [6.45, 7) is 12.7. The molecule has 0 unspecified atom stereocenters. The molecule has 274 valence electrons. The number of nitrogens with zero attached hydrogens (tertiary/aromatic N) is 4. The van der Waals surface area contributed by atoms with Crippen molar-refractivity contribution in [3.63, 3.8) is 0 Å². The van der Waals surface area contributed by atoms with E-state index < -0.39 is 11.7 Å². The van der Waals surface area contributed by atoms with Crippen LogP contribution in [0.5, 0.6) is 11.6 Å². The van der Waals surface area contributed by atoms with Gasteiger partial charge in [-0.15, -0.1) is 0 Å². The van der Waals surface area contributed by atoms with Crippen molar-refractivity contribution >= 4 is 11.8 Å². The van der Waals surface area contributed by atoms with Crippen LogP contribution in [0, 0.1) is 5.82 Å². The lowest BCUT2D eigenvalue weighted by atomic mass is 9.91. The van der Waals surface area contributed by atoms with Crippen molar-refractivity contribution in [3.05, 3.63) is 77.2 Å². The van der Waals surface area contributed by atoms with Crippen molar-refractivity contribution in [2.24, 2.45) is 5.73 Å². The minimum atomic E-state index is -0.601. The molecule has 2 aliphatic heterocycles. The van der Waals surface area contributed by atoms with Crippen molar-refractivity contribution in [1.82, 2.24) is 30.3 Å². The summed E-state index contributed by atoms with van der Waals surface area (Å²) < 4.78 is 26.2. The number of nitrogens with one attached hydrogen (secondary N) is 2. The number of pyridine rings is 1. The lowest BCUT2D eigenvalue weighted by Crippen LogP contribution is -2.49. The van der Waals surface area contributed by atoms with Crippen molar-refractivity contribution in [2.75, 3.05) is 59.0 Å². The summed E-state index contributed by atoms with van der Waals surface area (Å²) in [7, 11) is 0. The van der Waals surface area contributed by atoms with Gasteiger partial charge in [0.25, 0.3) is 5.91 Å². The summed E-state index contributed by atoms with van der Waals surface area (Å²) in [5.74, 6) is -0.365. The Labute approximate surface area is 300 Å². The van der Waals surface area contributed by atoms with Crippen LogP contribution in [-0.2, 0) is 22.6 Å². The van der Waals surface area contributed by atoms with Crippen LogP contribution in [0.3, 0.4) is 0 Å². The topological polar surface area (TPSA) is 125 Å². The number of hydrogen-bond acceptors (Lipinski definition) is 9. The highest BCUT2D eigenvalue weighted by atomic mass is 19.1. The molecule has 3 aromatic rings. The summed E-state index contributed by atoms with van der Waals surface area (Å²) >= 11 is 0. The molecule has 4 N–H and O–H groups in total. The molecule has 12 heteroatoms. The normalized spacial score (nSPS) is 20.6. The van der Waals surface area contributed by atoms with Gasteiger partial charge in [0.15, 0.2) is 0 Å². The number of rotatable bonds is 12. The van der Waals surface area contributed by atoms with Crippen LogP contribution in [0.2, 0.25) is 0 Å². The molecule has 3 fully saturated rings. The molecule has 0 radical (unpaired) electrons. The molecule has 6 rings (SSSR count). The lowest BCUT2D eigenvalue weighted by molar-refractivity contribution is -0.123. The molecule has 3 aliphatic rings. The number of carbonyl (C=O) groups excluding carboxylic acids is 2. The molecule has 0 bridgehead atoms. The van der Waals surface area contributed by atoms with Crippen LogP contribution in [0.15, 0.2) is 54.7 Å². The molecule has 51 heavy (non-hydrogen) atoms. The quantitative estimate of drug-likeness (QED) is 0.256. The smallest absolute Gasteiger partial charge is 0.257 e. The van der Waals surface area contributed by atoms with Gasteiger partial charge in [-0.05, 0) is 80.0 Å². The predicted molar refractivity (Wildman–Crippen MR) is 195 cm³/mol. The summed E-state index contributed by atoms with van der Waals surface area (Å²) in [5.41, 5.74) is 10.6. The molecule has 0 atom stereocenters. The Kier molecular flexibility index (Phi) is 12.7. The van der Waals surface area contributed by atoms with Crippen LogP contribution in [0.4, 0.5) is 4.39 Å². The zero-order valence-electron chi connectivity index (χ0n) is 29.9. The average molecular weight is 702 g/mol. The van der Waals surface area contributed by atoms with Crippen molar-refractivity contribution in [3.8, 4) is 22.8 Å². The Hall–Kier alpha value is -3.94. The number of hydrogen-bond donors (Lipinski definition) is 3. The van der Waals surface area contributed by atoms with Crippen LogP contribution in [0.1, 0.15) is 61.0 Å². The van der Waals surface area contributed by atoms with Gasteiger partial charge in [0.1, 0.15) is 17.1 Å². The molecule has 2 amide bonds. The molecule has 11 nitrogen and oxygen atoms in total. The third-order valence-corrected chi connectivity index (χ3v) is 9.88. The monoisotopic (exact) mass is 701 g/mol. The molecule has 1 aromatic heterocycles. The zero-order valence-corrected chi connectivity index (χ0v) is 29.9. The van der Waals surface area contributed by atoms with Crippen LogP contribution >= 0.6 is 0 Å². The van der Waals surface area contributed by atoms with Gasteiger partial charge in [-0.25, -0.2) is 9.37 Å². The van der Waals surface area contributed by atoms with E-state index in [1.807, 2.05) is 32.0 Å². The van der Waals surface area contributed by atoms with E-state index in [0.29, 0.717) is 25.5 Å². The van der Waals surface area contributed by atoms with E-state index >= 15 is 0 Å². The minimum absolute atomic E-state index is 0.0167. The number of halogens is 1. The number of morpholine rings is 1. The number of benzene rings is 2. The highest BCUT2D eigenvalue weighted by molar-refractivity contribution is 5.96. The second-order valence-electron chi connectivity index (χ2n) is 14.4. The lowest BCUT2D eigenvalue weighted by Gasteiger charge is -2.34. The third-order valence-electron chi connectivity index (χ3n) is 9.88. The largest absolute Gasteiger partial charge is 0.438 e. The Bertz CT molecular complexity index is 1630. The number of carbonyl (C=O) groups is 2. The number of aromatic nitrogens is 1. The molecular weight excluding hydrogens is 649 g/mol. The van der Waals surface area contributed by atoms with Crippen molar-refractivity contribution < 1.29 is 23.5 Å². The van der Waals surface area contributed by atoms with Crippen LogP contribution < -0.4 is 21.1 Å². The molecule has 3 heterocycles. The first-order valence-electron chi connectivity index (χ1n) is 18.3. The van der Waals surface area contributed by atoms with E-state index in [4.69, 9.17) is 15.2 Å². The van der Waals surface area contributed by atoms with Gasteiger partial charge in [0, 0.05) is 70.5 Å². The SMILES string of the molecule is CC(C)NC(=O)CN1CCN(Cc2ccc(-c3cccc(Oc4ncc(F)cc4C(=O)NC4CCC(N)CC4)c3)c(CN3CCOCC3)c2)CC1. The van der Waals surface area contributed by atoms with Gasteiger partial charge < -0.3 is 25.8 Å². The number of piperazine rings is 1. The standard InChI is InChI=1S/C39H52FN7O4/c1-27(2)43-37(48)26-46-14-12-45(13-15-46)24-28-6-11-35(30(20-28)25-47-16-18-50-19-17-47)29-4-3-5-34(21-29)51-39-36(22-31(40)23-42-39)38(49)44-33-9-7-32(41)8-10-33/h3-6,11,20-23,27,32-33H,7-10,12-19,24-26,41H2,1-2H3,(H,43,48)(H,44,49). The second kappa shape index (κ2) is 17.5. The van der Waals surface area contributed by atoms with Gasteiger partial charge in [0.2, 0.25) is 11.8 Å². The van der Waals surface area contributed by atoms with E-state index in [1.54, 1.807) is 0 Å². The average Bonchev–Trinajstić information content (AvgIpc) is 3.11. The molecule has 0 spiro atoms. The maximum atomic E-state index is 14.3. The fraction of sp³-hybridized carbons (Fsp3) is 0.513. The number of amides is 2. The first kappa shape index (κ1) is 36.8. The Balaban J connectivity index is 1.17. The fourth-order valence-corrected chi connectivity index (χ4v) is 7.13. The molecule has 2 saturated heterocycles. The maximum Gasteiger partial charge on any atom is 0.257 e. The Morgan fingerprint density at radius 1 is 0.941 bits per heavy atom. The minimum Gasteiger partial charge on any atom is -0.438 e. The number of nitrogens with two attached hydrogens (primary N) is 1. The zero-order chi connectivity index (χ0) is 35.7.